The fourth-order valence-electron chi connectivity index (χ4n) is 2.42. The summed E-state index contributed by atoms with van der Waals surface area (Å²) in [6.07, 6.45) is 6.59. The zero-order chi connectivity index (χ0) is 15.7. The molecule has 0 amide bonds. The van der Waals surface area contributed by atoms with E-state index in [0.717, 1.165) is 0 Å². The second-order valence-electron chi connectivity index (χ2n) is 4.78. The summed E-state index contributed by atoms with van der Waals surface area (Å²) in [5.41, 5.74) is 2.84. The van der Waals surface area contributed by atoms with E-state index in [1.165, 1.54) is 0 Å². The summed E-state index contributed by atoms with van der Waals surface area (Å²) < 4.78 is 0. The normalized spacial score (nSPS) is 13.3. The van der Waals surface area contributed by atoms with Crippen LogP contribution in [0.2, 0.25) is 0 Å². The first-order valence-electron chi connectivity index (χ1n) is 6.76. The molecule has 4 nitrogen and oxygen atoms in total. The Hall–Kier alpha value is -3.14. The van der Waals surface area contributed by atoms with Crippen LogP contribution in [0, 0.1) is 0 Å². The lowest BCUT2D eigenvalue weighted by atomic mass is 10.1. The number of carbonyl (C=O) groups is 1. The third-order valence-electron chi connectivity index (χ3n) is 3.48. The largest absolute Gasteiger partial charge is 0.505 e. The van der Waals surface area contributed by atoms with Crippen LogP contribution in [0.1, 0.15) is 27.3 Å². The van der Waals surface area contributed by atoms with Gasteiger partial charge in [0, 0.05) is 16.8 Å². The van der Waals surface area contributed by atoms with Crippen molar-refractivity contribution in [2.45, 2.75) is 0 Å². The van der Waals surface area contributed by atoms with E-state index in [2.05, 4.69) is 23.1 Å². The summed E-state index contributed by atoms with van der Waals surface area (Å²) in [7, 11) is 0. The van der Waals surface area contributed by atoms with Crippen LogP contribution < -0.4 is 0 Å². The van der Waals surface area contributed by atoms with Gasteiger partial charge in [-0.2, -0.15) is 0 Å². The summed E-state index contributed by atoms with van der Waals surface area (Å²) in [5.74, 6) is -0.227. The fraction of sp³-hybridized carbons (Fsp3) is 0. The molecular weight excluding hydrogens is 276 g/mol. The van der Waals surface area contributed by atoms with Crippen molar-refractivity contribution in [3.63, 3.8) is 0 Å². The third kappa shape index (κ3) is 2.02. The van der Waals surface area contributed by atoms with E-state index in [9.17, 15) is 9.90 Å². The van der Waals surface area contributed by atoms with Gasteiger partial charge < -0.3 is 10.1 Å². The Kier molecular flexibility index (Phi) is 3.35. The number of allylic oxidation sites excluding steroid dienone is 2. The van der Waals surface area contributed by atoms with Gasteiger partial charge in [0.2, 0.25) is 5.78 Å². The lowest BCUT2D eigenvalue weighted by molar-refractivity contribution is 0.106. The maximum Gasteiger partial charge on any atom is 0.215 e. The van der Waals surface area contributed by atoms with Crippen LogP contribution in [0.4, 0.5) is 5.69 Å². The minimum Gasteiger partial charge on any atom is -0.505 e. The lowest BCUT2D eigenvalue weighted by Crippen LogP contribution is -2.11. The van der Waals surface area contributed by atoms with Crippen molar-refractivity contribution in [1.29, 1.82) is 0 Å². The first-order chi connectivity index (χ1) is 10.7. The topological polar surface area (TPSA) is 65.5 Å². The number of aromatic amines is 1. The van der Waals surface area contributed by atoms with E-state index in [4.69, 9.17) is 0 Å². The molecule has 2 N–H and O–H groups in total. The Bertz CT molecular complexity index is 854. The van der Waals surface area contributed by atoms with E-state index < -0.39 is 0 Å². The van der Waals surface area contributed by atoms with E-state index in [1.54, 1.807) is 42.5 Å². The molecule has 1 aliphatic rings. The van der Waals surface area contributed by atoms with Crippen molar-refractivity contribution in [2.75, 3.05) is 0 Å². The Morgan fingerprint density at radius 1 is 1.23 bits per heavy atom. The van der Waals surface area contributed by atoms with Crippen LogP contribution in [0.15, 0.2) is 54.6 Å². The number of aromatic nitrogens is 1. The molecule has 22 heavy (non-hydrogen) atoms. The minimum atomic E-state index is -0.206. The van der Waals surface area contributed by atoms with Gasteiger partial charge in [0.15, 0.2) is 5.75 Å². The molecule has 0 saturated carbocycles. The predicted molar refractivity (Wildman–Crippen MR) is 88.7 cm³/mol. The Balaban J connectivity index is 2.13. The van der Waals surface area contributed by atoms with Crippen molar-refractivity contribution in [3.05, 3.63) is 72.1 Å². The highest BCUT2D eigenvalue weighted by molar-refractivity contribution is 6.55. The van der Waals surface area contributed by atoms with Gasteiger partial charge in [-0.15, -0.1) is 0 Å². The maximum atomic E-state index is 12.5. The van der Waals surface area contributed by atoms with Gasteiger partial charge in [0.1, 0.15) is 11.4 Å². The molecule has 3 rings (SSSR count). The minimum absolute atomic E-state index is 0.0205. The number of aliphatic imine (C=N–C) groups is 1. The molecule has 0 radical (unpaired) electrons. The number of fused-ring (bicyclic) bond motifs is 1. The number of hydrogen-bond donors (Lipinski definition) is 2. The van der Waals surface area contributed by atoms with E-state index in [-0.39, 0.29) is 17.2 Å². The zero-order valence-electron chi connectivity index (χ0n) is 11.8. The molecule has 108 valence electrons. The summed E-state index contributed by atoms with van der Waals surface area (Å²) in [6.45, 7) is 7.31. The quantitative estimate of drug-likeness (QED) is 0.839. The van der Waals surface area contributed by atoms with Crippen LogP contribution in [-0.2, 0) is 0 Å². The lowest BCUT2D eigenvalue weighted by Gasteiger charge is -1.97. The molecule has 1 aromatic carbocycles. The third-order valence-corrected chi connectivity index (χ3v) is 3.48. The molecule has 0 aliphatic carbocycles. The molecule has 0 bridgehead atoms. The smallest absolute Gasteiger partial charge is 0.215 e. The van der Waals surface area contributed by atoms with Gasteiger partial charge >= 0.3 is 0 Å². The zero-order valence-corrected chi connectivity index (χ0v) is 11.8. The first kappa shape index (κ1) is 13.8. The standard InChI is InChI=1S/C18H14N2O2/c1-3-5-8-11-13(4-2)19-15(17(11)21)16-18(22)12-9-6-7-10-14(12)20-16/h3-10,19,21H,1-2H2/b8-5-. The van der Waals surface area contributed by atoms with Gasteiger partial charge in [-0.1, -0.05) is 37.4 Å². The molecule has 4 heteroatoms. The van der Waals surface area contributed by atoms with E-state index in [1.807, 2.05) is 6.07 Å². The number of aromatic hydroxyl groups is 1. The Morgan fingerprint density at radius 2 is 2.00 bits per heavy atom. The SMILES string of the molecule is C=C/C=C\c1c(C=C)[nH]c(C2=Nc3ccccc3C2=O)c1O. The number of H-pyrrole nitrogens is 1. The molecule has 1 aromatic heterocycles. The number of benzene rings is 1. The van der Waals surface area contributed by atoms with Crippen LogP contribution in [0.25, 0.3) is 12.2 Å². The van der Waals surface area contributed by atoms with Gasteiger partial charge in [-0.05, 0) is 24.3 Å². The summed E-state index contributed by atoms with van der Waals surface area (Å²) in [6, 6.07) is 7.10. The Labute approximate surface area is 127 Å². The van der Waals surface area contributed by atoms with Crippen LogP contribution in [0.3, 0.4) is 0 Å². The Morgan fingerprint density at radius 3 is 2.68 bits per heavy atom. The molecular formula is C18H14N2O2. The predicted octanol–water partition coefficient (Wildman–Crippen LogP) is 3.88. The number of rotatable bonds is 4. The van der Waals surface area contributed by atoms with Crippen LogP contribution in [-0.4, -0.2) is 21.6 Å². The number of nitrogens with one attached hydrogen (secondary N) is 1. The van der Waals surface area contributed by atoms with Gasteiger partial charge in [0.25, 0.3) is 0 Å². The highest BCUT2D eigenvalue weighted by Crippen LogP contribution is 2.34. The van der Waals surface area contributed by atoms with E-state index >= 15 is 0 Å². The van der Waals surface area contributed by atoms with Crippen LogP contribution in [0.5, 0.6) is 5.75 Å². The molecule has 2 heterocycles. The van der Waals surface area contributed by atoms with Crippen molar-refractivity contribution in [1.82, 2.24) is 4.98 Å². The van der Waals surface area contributed by atoms with Crippen molar-refractivity contribution in [3.8, 4) is 5.75 Å². The molecule has 2 aromatic rings. The highest BCUT2D eigenvalue weighted by Gasteiger charge is 2.29. The second-order valence-corrected chi connectivity index (χ2v) is 4.78. The highest BCUT2D eigenvalue weighted by atomic mass is 16.3. The summed E-state index contributed by atoms with van der Waals surface area (Å²) in [4.78, 5) is 19.8. The average Bonchev–Trinajstić information content (AvgIpc) is 3.03. The summed E-state index contributed by atoms with van der Waals surface area (Å²) in [5, 5.41) is 10.4. The number of carbonyl (C=O) groups excluding carboxylic acids is 1. The van der Waals surface area contributed by atoms with Crippen molar-refractivity contribution in [2.24, 2.45) is 4.99 Å². The molecule has 0 unspecified atom stereocenters. The fourth-order valence-corrected chi connectivity index (χ4v) is 2.42. The van der Waals surface area contributed by atoms with Crippen LogP contribution >= 0.6 is 0 Å². The molecule has 0 saturated heterocycles. The maximum absolute atomic E-state index is 12.5. The van der Waals surface area contributed by atoms with E-state index in [0.29, 0.717) is 28.2 Å². The number of hydrogen-bond acceptors (Lipinski definition) is 3. The second kappa shape index (κ2) is 5.33. The number of ketones is 1. The van der Waals surface area contributed by atoms with Gasteiger partial charge in [0.05, 0.1) is 5.69 Å². The number of para-hydroxylation sites is 1. The first-order valence-corrected chi connectivity index (χ1v) is 6.76. The number of Topliss-reactive ketones (excluding diaryl/α,β-unsaturated/α-hetero) is 1. The molecule has 0 spiro atoms. The van der Waals surface area contributed by atoms with Gasteiger partial charge in [-0.3, -0.25) is 4.79 Å². The average molecular weight is 290 g/mol. The molecule has 1 aliphatic heterocycles. The molecule has 0 atom stereocenters. The van der Waals surface area contributed by atoms with Gasteiger partial charge in [-0.25, -0.2) is 4.99 Å². The van der Waals surface area contributed by atoms with Crippen molar-refractivity contribution >= 4 is 29.3 Å². The summed E-state index contributed by atoms with van der Waals surface area (Å²) >= 11 is 0. The molecule has 0 fully saturated rings. The van der Waals surface area contributed by atoms with Crippen molar-refractivity contribution < 1.29 is 9.90 Å². The monoisotopic (exact) mass is 290 g/mol. The number of nitrogens with zero attached hydrogens (tertiary/aromatic N) is 1.